The molecule has 0 aromatic heterocycles. The van der Waals surface area contributed by atoms with E-state index in [-0.39, 0.29) is 22.9 Å². The van der Waals surface area contributed by atoms with E-state index in [0.717, 1.165) is 12.1 Å². The summed E-state index contributed by atoms with van der Waals surface area (Å²) in [6.07, 6.45) is -4.56. The number of benzene rings is 3. The Balaban J connectivity index is 1.67. The van der Waals surface area contributed by atoms with Crippen molar-refractivity contribution < 1.29 is 35.9 Å². The molecule has 3 rings (SSSR count). The van der Waals surface area contributed by atoms with Gasteiger partial charge in [-0.3, -0.25) is 9.52 Å². The molecular weight excluding hydrogens is 473 g/mol. The van der Waals surface area contributed by atoms with Crippen LogP contribution in [0.2, 0.25) is 0 Å². The number of halogens is 3. The van der Waals surface area contributed by atoms with E-state index in [9.17, 15) is 26.4 Å². The second-order valence-corrected chi connectivity index (χ2v) is 8.81. The van der Waals surface area contributed by atoms with Gasteiger partial charge < -0.3 is 14.8 Å². The van der Waals surface area contributed by atoms with Gasteiger partial charge in [0.05, 0.1) is 31.1 Å². The summed E-state index contributed by atoms with van der Waals surface area (Å²) in [7, 11) is -1.15. The summed E-state index contributed by atoms with van der Waals surface area (Å²) in [4.78, 5) is 12.2. The first-order chi connectivity index (χ1) is 16.0. The van der Waals surface area contributed by atoms with Gasteiger partial charge in [0, 0.05) is 11.4 Å². The standard InChI is InChI=1S/C23H21F3N2O5S/c1-32-20-11-6-15(12-21(20)33-2)13-22(29)27-17-7-9-19(10-8-17)34(30,31)28-18-5-3-4-16(14-18)23(24,25)26/h3-12,14,28H,13H2,1-2H3,(H,27,29). The van der Waals surface area contributed by atoms with Crippen molar-refractivity contribution in [2.45, 2.75) is 17.5 Å². The molecule has 0 saturated heterocycles. The van der Waals surface area contributed by atoms with Gasteiger partial charge >= 0.3 is 6.18 Å². The van der Waals surface area contributed by atoms with Crippen molar-refractivity contribution in [3.8, 4) is 11.5 Å². The molecule has 0 unspecified atom stereocenters. The number of nitrogens with one attached hydrogen (secondary N) is 2. The Bertz CT molecular complexity index is 1280. The Morgan fingerprint density at radius 2 is 1.56 bits per heavy atom. The number of amides is 1. The zero-order valence-corrected chi connectivity index (χ0v) is 19.0. The number of carbonyl (C=O) groups excluding carboxylic acids is 1. The minimum atomic E-state index is -4.60. The van der Waals surface area contributed by atoms with Gasteiger partial charge in [0.1, 0.15) is 0 Å². The number of hydrogen-bond acceptors (Lipinski definition) is 5. The number of alkyl halides is 3. The Kier molecular flexibility index (Phi) is 7.35. The van der Waals surface area contributed by atoms with Crippen molar-refractivity contribution in [3.05, 3.63) is 77.9 Å². The van der Waals surface area contributed by atoms with Crippen molar-refractivity contribution in [3.63, 3.8) is 0 Å². The summed E-state index contributed by atoms with van der Waals surface area (Å²) in [6.45, 7) is 0. The Labute approximate surface area is 194 Å². The first-order valence-corrected chi connectivity index (χ1v) is 11.3. The van der Waals surface area contributed by atoms with Crippen molar-refractivity contribution in [1.82, 2.24) is 0 Å². The molecule has 0 fully saturated rings. The predicted octanol–water partition coefficient (Wildman–Crippen LogP) is 4.70. The fourth-order valence-electron chi connectivity index (χ4n) is 3.07. The van der Waals surface area contributed by atoms with Crippen LogP contribution in [0.4, 0.5) is 24.5 Å². The molecule has 0 aliphatic carbocycles. The van der Waals surface area contributed by atoms with Gasteiger partial charge in [0.15, 0.2) is 11.5 Å². The van der Waals surface area contributed by atoms with Gasteiger partial charge in [0.2, 0.25) is 5.91 Å². The van der Waals surface area contributed by atoms with Crippen molar-refractivity contribution >= 4 is 27.3 Å². The highest BCUT2D eigenvalue weighted by molar-refractivity contribution is 7.92. The van der Waals surface area contributed by atoms with Gasteiger partial charge in [-0.2, -0.15) is 13.2 Å². The molecule has 2 N–H and O–H groups in total. The normalized spacial score (nSPS) is 11.6. The van der Waals surface area contributed by atoms with Crippen LogP contribution in [-0.4, -0.2) is 28.5 Å². The van der Waals surface area contributed by atoms with Crippen LogP contribution in [0.1, 0.15) is 11.1 Å². The second kappa shape index (κ2) is 10.0. The van der Waals surface area contributed by atoms with Gasteiger partial charge in [-0.1, -0.05) is 12.1 Å². The summed E-state index contributed by atoms with van der Waals surface area (Å²) in [5, 5.41) is 2.66. The minimum absolute atomic E-state index is 0.0392. The number of ether oxygens (including phenoxy) is 2. The summed E-state index contributed by atoms with van der Waals surface area (Å²) < 4.78 is 76.2. The van der Waals surface area contributed by atoms with Crippen LogP contribution in [-0.2, 0) is 27.4 Å². The smallest absolute Gasteiger partial charge is 0.416 e. The Morgan fingerprint density at radius 1 is 0.882 bits per heavy atom. The summed E-state index contributed by atoms with van der Waals surface area (Å²) in [5.41, 5.74) is -0.162. The van der Waals surface area contributed by atoms with Crippen LogP contribution in [0.3, 0.4) is 0 Å². The lowest BCUT2D eigenvalue weighted by Gasteiger charge is -2.12. The summed E-state index contributed by atoms with van der Waals surface area (Å²) >= 11 is 0. The number of carbonyl (C=O) groups is 1. The van der Waals surface area contributed by atoms with E-state index in [2.05, 4.69) is 10.0 Å². The van der Waals surface area contributed by atoms with E-state index in [1.165, 1.54) is 44.6 Å². The third-order valence-corrected chi connectivity index (χ3v) is 6.10. The number of methoxy groups -OCH3 is 2. The quantitative estimate of drug-likeness (QED) is 0.473. The van der Waals surface area contributed by atoms with E-state index in [1.807, 2.05) is 0 Å². The van der Waals surface area contributed by atoms with E-state index < -0.39 is 21.8 Å². The molecule has 0 saturated carbocycles. The first kappa shape index (κ1) is 24.9. The fraction of sp³-hybridized carbons (Fsp3) is 0.174. The molecule has 7 nitrogen and oxygen atoms in total. The molecule has 0 aliphatic heterocycles. The van der Waals surface area contributed by atoms with E-state index in [4.69, 9.17) is 9.47 Å². The van der Waals surface area contributed by atoms with Crippen LogP contribution in [0.15, 0.2) is 71.6 Å². The molecule has 11 heteroatoms. The lowest BCUT2D eigenvalue weighted by Crippen LogP contribution is -2.16. The van der Waals surface area contributed by atoms with E-state index >= 15 is 0 Å². The average Bonchev–Trinajstić information content (AvgIpc) is 2.78. The molecule has 3 aromatic carbocycles. The van der Waals surface area contributed by atoms with Crippen molar-refractivity contribution in [2.24, 2.45) is 0 Å². The SMILES string of the molecule is COc1ccc(CC(=O)Nc2ccc(S(=O)(=O)Nc3cccc(C(F)(F)F)c3)cc2)cc1OC. The van der Waals surface area contributed by atoms with Crippen molar-refractivity contribution in [2.75, 3.05) is 24.3 Å². The highest BCUT2D eigenvalue weighted by Crippen LogP contribution is 2.31. The highest BCUT2D eigenvalue weighted by atomic mass is 32.2. The van der Waals surface area contributed by atoms with Gasteiger partial charge in [-0.25, -0.2) is 8.42 Å². The maximum absolute atomic E-state index is 12.9. The Morgan fingerprint density at radius 3 is 2.18 bits per heavy atom. The van der Waals surface area contributed by atoms with E-state index in [1.54, 1.807) is 18.2 Å². The summed E-state index contributed by atoms with van der Waals surface area (Å²) in [5.74, 6) is 0.669. The zero-order chi connectivity index (χ0) is 24.9. The molecule has 34 heavy (non-hydrogen) atoms. The molecule has 0 aliphatic rings. The number of rotatable bonds is 8. The van der Waals surface area contributed by atoms with Gasteiger partial charge in [-0.05, 0) is 60.2 Å². The highest BCUT2D eigenvalue weighted by Gasteiger charge is 2.30. The molecule has 0 radical (unpaired) electrons. The largest absolute Gasteiger partial charge is 0.493 e. The molecule has 180 valence electrons. The monoisotopic (exact) mass is 494 g/mol. The Hall–Kier alpha value is -3.73. The van der Waals surface area contributed by atoms with Crippen LogP contribution in [0, 0.1) is 0 Å². The second-order valence-electron chi connectivity index (χ2n) is 7.12. The van der Waals surface area contributed by atoms with Crippen LogP contribution >= 0.6 is 0 Å². The third-order valence-electron chi connectivity index (χ3n) is 4.70. The maximum Gasteiger partial charge on any atom is 0.416 e. The maximum atomic E-state index is 12.9. The lowest BCUT2D eigenvalue weighted by atomic mass is 10.1. The van der Waals surface area contributed by atoms with Gasteiger partial charge in [0.25, 0.3) is 10.0 Å². The predicted molar refractivity (Wildman–Crippen MR) is 121 cm³/mol. The fourth-order valence-corrected chi connectivity index (χ4v) is 4.12. The zero-order valence-electron chi connectivity index (χ0n) is 18.1. The van der Waals surface area contributed by atoms with Crippen LogP contribution in [0.5, 0.6) is 11.5 Å². The number of anilines is 2. The minimum Gasteiger partial charge on any atom is -0.493 e. The average molecular weight is 494 g/mol. The van der Waals surface area contributed by atoms with Crippen LogP contribution < -0.4 is 19.5 Å². The third kappa shape index (κ3) is 6.19. The van der Waals surface area contributed by atoms with Gasteiger partial charge in [-0.15, -0.1) is 0 Å². The molecular formula is C23H21F3N2O5S. The molecule has 3 aromatic rings. The number of hydrogen-bond donors (Lipinski definition) is 2. The van der Waals surface area contributed by atoms with Crippen molar-refractivity contribution in [1.29, 1.82) is 0 Å². The molecule has 0 atom stereocenters. The lowest BCUT2D eigenvalue weighted by molar-refractivity contribution is -0.137. The number of sulfonamides is 1. The molecule has 1 amide bonds. The topological polar surface area (TPSA) is 93.7 Å². The van der Waals surface area contributed by atoms with Crippen LogP contribution in [0.25, 0.3) is 0 Å². The molecule has 0 spiro atoms. The molecule has 0 heterocycles. The first-order valence-electron chi connectivity index (χ1n) is 9.83. The van der Waals surface area contributed by atoms with E-state index in [0.29, 0.717) is 28.8 Å². The molecule has 0 bridgehead atoms. The summed E-state index contributed by atoms with van der Waals surface area (Å²) in [6, 6.07) is 14.2.